The third-order valence-electron chi connectivity index (χ3n) is 5.42. The van der Waals surface area contributed by atoms with Gasteiger partial charge in [0.05, 0.1) is 10.0 Å². The van der Waals surface area contributed by atoms with Gasteiger partial charge in [0.1, 0.15) is 0 Å². The lowest BCUT2D eigenvalue weighted by Gasteiger charge is -2.36. The number of halogens is 3. The van der Waals surface area contributed by atoms with Crippen LogP contribution in [0.3, 0.4) is 0 Å². The summed E-state index contributed by atoms with van der Waals surface area (Å²) in [5.41, 5.74) is 1.79. The van der Waals surface area contributed by atoms with Crippen molar-refractivity contribution in [1.82, 2.24) is 10.2 Å². The summed E-state index contributed by atoms with van der Waals surface area (Å²) in [7, 11) is 0. The predicted octanol–water partition coefficient (Wildman–Crippen LogP) is 5.46. The number of nitrogens with zero attached hydrogens (tertiary/aromatic N) is 2. The van der Waals surface area contributed by atoms with Gasteiger partial charge in [-0.1, -0.05) is 51.3 Å². The van der Waals surface area contributed by atoms with Gasteiger partial charge < -0.3 is 10.2 Å². The van der Waals surface area contributed by atoms with Gasteiger partial charge in [-0.3, -0.25) is 9.69 Å². The first kappa shape index (κ1) is 21.4. The van der Waals surface area contributed by atoms with Gasteiger partial charge in [0.15, 0.2) is 0 Å². The lowest BCUT2D eigenvalue weighted by Crippen LogP contribution is -2.48. The van der Waals surface area contributed by atoms with E-state index < -0.39 is 0 Å². The Morgan fingerprint density at radius 3 is 2.40 bits per heavy atom. The number of benzene rings is 3. The van der Waals surface area contributed by atoms with E-state index in [9.17, 15) is 4.79 Å². The fourth-order valence-electron chi connectivity index (χ4n) is 3.70. The Bertz CT molecular complexity index is 1070. The maximum absolute atomic E-state index is 12.5. The molecule has 1 heterocycles. The molecule has 1 aliphatic rings. The fraction of sp³-hybridized carbons (Fsp3) is 0.261. The van der Waals surface area contributed by atoms with Crippen LogP contribution in [-0.4, -0.2) is 50.1 Å². The Hall–Kier alpha value is -1.79. The smallest absolute Gasteiger partial charge is 0.251 e. The minimum absolute atomic E-state index is 0.0331. The molecule has 1 fully saturated rings. The van der Waals surface area contributed by atoms with Crippen molar-refractivity contribution in [1.29, 1.82) is 0 Å². The van der Waals surface area contributed by atoms with Gasteiger partial charge in [0.25, 0.3) is 5.91 Å². The number of piperazine rings is 1. The molecule has 0 spiro atoms. The normalized spacial score (nSPS) is 14.8. The summed E-state index contributed by atoms with van der Waals surface area (Å²) in [5, 5.41) is 6.38. The molecule has 0 saturated carbocycles. The van der Waals surface area contributed by atoms with E-state index in [1.165, 1.54) is 0 Å². The highest BCUT2D eigenvalue weighted by Crippen LogP contribution is 2.27. The minimum Gasteiger partial charge on any atom is -0.369 e. The summed E-state index contributed by atoms with van der Waals surface area (Å²) >= 11 is 15.6. The van der Waals surface area contributed by atoms with Crippen LogP contribution in [0.2, 0.25) is 10.0 Å². The van der Waals surface area contributed by atoms with E-state index >= 15 is 0 Å². The maximum atomic E-state index is 12.5. The Labute approximate surface area is 194 Å². The van der Waals surface area contributed by atoms with Crippen molar-refractivity contribution >= 4 is 61.5 Å². The largest absolute Gasteiger partial charge is 0.369 e. The second kappa shape index (κ2) is 9.56. The third-order valence-corrected chi connectivity index (χ3v) is 6.65. The zero-order chi connectivity index (χ0) is 21.1. The number of amides is 1. The summed E-state index contributed by atoms with van der Waals surface area (Å²) in [6.07, 6.45) is 0. The highest BCUT2D eigenvalue weighted by atomic mass is 79.9. The summed E-state index contributed by atoms with van der Waals surface area (Å²) in [5.74, 6) is -0.0331. The van der Waals surface area contributed by atoms with Gasteiger partial charge in [0, 0.05) is 55.0 Å². The Balaban J connectivity index is 1.25. The van der Waals surface area contributed by atoms with Crippen molar-refractivity contribution in [2.75, 3.05) is 44.2 Å². The van der Waals surface area contributed by atoms with Crippen LogP contribution >= 0.6 is 39.1 Å². The average Bonchev–Trinajstić information content (AvgIpc) is 2.75. The second-order valence-corrected chi connectivity index (χ2v) is 9.12. The number of anilines is 1. The molecule has 30 heavy (non-hydrogen) atoms. The van der Waals surface area contributed by atoms with Gasteiger partial charge in [-0.15, -0.1) is 0 Å². The standard InChI is InChI=1S/C23H22BrCl2N3O/c24-19-4-3-16-13-18(2-1-17(16)14-19)23(30)27-7-8-28-9-11-29(12-10-28)20-5-6-21(25)22(26)15-20/h1-6,13-15H,7-12H2,(H,27,30). The fourth-order valence-corrected chi connectivity index (χ4v) is 4.37. The van der Waals surface area contributed by atoms with Crippen LogP contribution in [0.1, 0.15) is 10.4 Å². The minimum atomic E-state index is -0.0331. The van der Waals surface area contributed by atoms with Gasteiger partial charge in [-0.2, -0.15) is 0 Å². The number of fused-ring (bicyclic) bond motifs is 1. The average molecular weight is 507 g/mol. The van der Waals surface area contributed by atoms with Gasteiger partial charge >= 0.3 is 0 Å². The Morgan fingerprint density at radius 1 is 0.900 bits per heavy atom. The molecular weight excluding hydrogens is 485 g/mol. The van der Waals surface area contributed by atoms with Crippen LogP contribution in [0.25, 0.3) is 10.8 Å². The molecule has 0 unspecified atom stereocenters. The molecule has 1 amide bonds. The Kier molecular flexibility index (Phi) is 6.84. The molecule has 0 atom stereocenters. The lowest BCUT2D eigenvalue weighted by molar-refractivity contribution is 0.0948. The number of hydrogen-bond donors (Lipinski definition) is 1. The molecule has 0 radical (unpaired) electrons. The molecule has 7 heteroatoms. The number of rotatable bonds is 5. The van der Waals surface area contributed by atoms with Crippen molar-refractivity contribution in [3.8, 4) is 0 Å². The third kappa shape index (κ3) is 5.09. The molecule has 3 aromatic rings. The quantitative estimate of drug-likeness (QED) is 0.499. The summed E-state index contributed by atoms with van der Waals surface area (Å²) < 4.78 is 1.03. The highest BCUT2D eigenvalue weighted by Gasteiger charge is 2.18. The SMILES string of the molecule is O=C(NCCN1CCN(c2ccc(Cl)c(Cl)c2)CC1)c1ccc2cc(Br)ccc2c1. The molecule has 3 aromatic carbocycles. The molecule has 0 bridgehead atoms. The van der Waals surface area contributed by atoms with Crippen molar-refractivity contribution in [2.45, 2.75) is 0 Å². The number of hydrogen-bond acceptors (Lipinski definition) is 3. The van der Waals surface area contributed by atoms with Crippen LogP contribution in [-0.2, 0) is 0 Å². The zero-order valence-electron chi connectivity index (χ0n) is 16.4. The summed E-state index contributed by atoms with van der Waals surface area (Å²) in [4.78, 5) is 17.2. The molecular formula is C23H22BrCl2N3O. The first-order chi connectivity index (χ1) is 14.5. The second-order valence-electron chi connectivity index (χ2n) is 7.39. The van der Waals surface area contributed by atoms with E-state index in [2.05, 4.69) is 37.1 Å². The van der Waals surface area contributed by atoms with Crippen molar-refractivity contribution in [3.63, 3.8) is 0 Å². The van der Waals surface area contributed by atoms with E-state index in [1.54, 1.807) is 0 Å². The van der Waals surface area contributed by atoms with Gasteiger partial charge in [-0.25, -0.2) is 0 Å². The lowest BCUT2D eigenvalue weighted by atomic mass is 10.1. The molecule has 4 nitrogen and oxygen atoms in total. The van der Waals surface area contributed by atoms with Crippen LogP contribution in [0.5, 0.6) is 0 Å². The number of carbonyl (C=O) groups excluding carboxylic acids is 1. The van der Waals surface area contributed by atoms with Crippen molar-refractivity contribution in [3.05, 3.63) is 74.7 Å². The molecule has 0 aromatic heterocycles. The van der Waals surface area contributed by atoms with E-state index in [-0.39, 0.29) is 5.91 Å². The predicted molar refractivity (Wildman–Crippen MR) is 129 cm³/mol. The molecule has 4 rings (SSSR count). The molecule has 1 N–H and O–H groups in total. The van der Waals surface area contributed by atoms with E-state index in [0.717, 1.165) is 53.7 Å². The molecule has 1 saturated heterocycles. The van der Waals surface area contributed by atoms with Gasteiger partial charge in [-0.05, 0) is 53.2 Å². The molecule has 156 valence electrons. The zero-order valence-corrected chi connectivity index (χ0v) is 19.5. The first-order valence-corrected chi connectivity index (χ1v) is 11.4. The Morgan fingerprint density at radius 2 is 1.63 bits per heavy atom. The number of nitrogens with one attached hydrogen (secondary N) is 1. The summed E-state index contributed by atoms with van der Waals surface area (Å²) in [6, 6.07) is 17.6. The van der Waals surface area contributed by atoms with Gasteiger partial charge in [0.2, 0.25) is 0 Å². The first-order valence-electron chi connectivity index (χ1n) is 9.89. The highest BCUT2D eigenvalue weighted by molar-refractivity contribution is 9.10. The maximum Gasteiger partial charge on any atom is 0.251 e. The van der Waals surface area contributed by atoms with E-state index in [0.29, 0.717) is 22.2 Å². The van der Waals surface area contributed by atoms with E-state index in [1.807, 2.05) is 48.5 Å². The van der Waals surface area contributed by atoms with Crippen LogP contribution in [0.4, 0.5) is 5.69 Å². The summed E-state index contributed by atoms with van der Waals surface area (Å²) in [6.45, 7) is 5.20. The van der Waals surface area contributed by atoms with Crippen LogP contribution < -0.4 is 10.2 Å². The number of carbonyl (C=O) groups is 1. The topological polar surface area (TPSA) is 35.6 Å². The monoisotopic (exact) mass is 505 g/mol. The van der Waals surface area contributed by atoms with Crippen molar-refractivity contribution < 1.29 is 4.79 Å². The molecule has 1 aliphatic heterocycles. The van der Waals surface area contributed by atoms with Crippen LogP contribution in [0, 0.1) is 0 Å². The van der Waals surface area contributed by atoms with Crippen LogP contribution in [0.15, 0.2) is 59.1 Å². The molecule has 0 aliphatic carbocycles. The van der Waals surface area contributed by atoms with E-state index in [4.69, 9.17) is 23.2 Å². The van der Waals surface area contributed by atoms with Crippen molar-refractivity contribution in [2.24, 2.45) is 0 Å².